The second-order valence-corrected chi connectivity index (χ2v) is 5.80. The number of phenols is 3. The lowest BCUT2D eigenvalue weighted by molar-refractivity contribution is 0.0971. The number of phenolic OH excluding ortho intramolecular Hbond substituents is 3. The molecule has 0 unspecified atom stereocenters. The number of fused-ring (bicyclic) bond motifs is 2. The van der Waals surface area contributed by atoms with Crippen molar-refractivity contribution in [2.24, 2.45) is 0 Å². The van der Waals surface area contributed by atoms with Crippen LogP contribution in [0.5, 0.6) is 17.2 Å². The first-order valence-electron chi connectivity index (χ1n) is 6.45. The zero-order valence-electron chi connectivity index (χ0n) is 11.6. The largest absolute Gasteiger partial charge is 0.507 e. The Bertz CT molecular complexity index is 826. The van der Waals surface area contributed by atoms with Gasteiger partial charge in [-0.3, -0.25) is 9.59 Å². The molecule has 22 heavy (non-hydrogen) atoms. The van der Waals surface area contributed by atoms with E-state index in [-0.39, 0.29) is 33.8 Å². The van der Waals surface area contributed by atoms with Gasteiger partial charge in [0.2, 0.25) is 5.78 Å². The Morgan fingerprint density at radius 1 is 0.773 bits per heavy atom. The maximum Gasteiger partial charge on any atom is 0.202 e. The molecule has 3 N–H and O–H groups in total. The highest BCUT2D eigenvalue weighted by Gasteiger charge is 2.37. The van der Waals surface area contributed by atoms with E-state index in [0.29, 0.717) is 11.3 Å². The van der Waals surface area contributed by atoms with Crippen molar-refractivity contribution in [1.82, 2.24) is 0 Å². The van der Waals surface area contributed by atoms with Crippen LogP contribution in [0.25, 0.3) is 0 Å². The lowest BCUT2D eigenvalue weighted by atomic mass is 9.80. The summed E-state index contributed by atoms with van der Waals surface area (Å²) in [6, 6.07) is 5.26. The summed E-state index contributed by atoms with van der Waals surface area (Å²) in [4.78, 5) is 25.3. The Hall–Kier alpha value is -2.47. The Morgan fingerprint density at radius 3 is 1.68 bits per heavy atom. The first kappa shape index (κ1) is 14.5. The molecule has 0 fully saturated rings. The van der Waals surface area contributed by atoms with E-state index < -0.39 is 17.3 Å². The third-order valence-corrected chi connectivity index (χ3v) is 4.24. The van der Waals surface area contributed by atoms with Gasteiger partial charge in [0, 0.05) is 11.3 Å². The molecule has 0 spiro atoms. The van der Waals surface area contributed by atoms with Crippen molar-refractivity contribution < 1.29 is 24.9 Å². The van der Waals surface area contributed by atoms with Crippen LogP contribution in [0, 0.1) is 0 Å². The van der Waals surface area contributed by atoms with Gasteiger partial charge < -0.3 is 15.3 Å². The van der Waals surface area contributed by atoms with Crippen molar-refractivity contribution in [3.63, 3.8) is 0 Å². The van der Waals surface area contributed by atoms with Gasteiger partial charge in [-0.15, -0.1) is 0 Å². The monoisotopic (exact) mass is 316 g/mol. The summed E-state index contributed by atoms with van der Waals surface area (Å²) in [5.74, 6) is -1.83. The number of hydrogen-bond acceptors (Lipinski definition) is 6. The average molecular weight is 316 g/mol. The maximum absolute atomic E-state index is 12.7. The number of hydrogen-bond donors (Lipinski definition) is 3. The van der Waals surface area contributed by atoms with Crippen molar-refractivity contribution in [3.05, 3.63) is 52.1 Å². The van der Waals surface area contributed by atoms with E-state index in [0.717, 1.165) is 6.07 Å². The fourth-order valence-corrected chi connectivity index (χ4v) is 3.24. The van der Waals surface area contributed by atoms with E-state index in [1.807, 2.05) is 6.26 Å². The fraction of sp³-hybridized carbons (Fsp3) is 0.125. The van der Waals surface area contributed by atoms with Gasteiger partial charge in [0.05, 0.1) is 16.7 Å². The van der Waals surface area contributed by atoms with Gasteiger partial charge in [-0.2, -0.15) is 11.8 Å². The first-order valence-corrected chi connectivity index (χ1v) is 7.84. The van der Waals surface area contributed by atoms with E-state index in [1.54, 1.807) is 6.07 Å². The third-order valence-electron chi connectivity index (χ3n) is 3.64. The molecule has 0 saturated carbocycles. The molecule has 0 aromatic heterocycles. The molecule has 0 atom stereocenters. The SMILES string of the molecule is CSCc1ccc(O)c2c1C(=O)c1c(O)ccc(O)c1C2=O. The minimum Gasteiger partial charge on any atom is -0.507 e. The topological polar surface area (TPSA) is 94.8 Å². The molecule has 2 aromatic carbocycles. The number of rotatable bonds is 2. The van der Waals surface area contributed by atoms with Crippen LogP contribution in [0.2, 0.25) is 0 Å². The van der Waals surface area contributed by atoms with Crippen LogP contribution in [-0.4, -0.2) is 33.1 Å². The summed E-state index contributed by atoms with van der Waals surface area (Å²) in [7, 11) is 0. The summed E-state index contributed by atoms with van der Waals surface area (Å²) in [5.41, 5.74) is 0.0873. The average Bonchev–Trinajstić information content (AvgIpc) is 2.49. The summed E-state index contributed by atoms with van der Waals surface area (Å²) >= 11 is 1.47. The van der Waals surface area contributed by atoms with Crippen LogP contribution < -0.4 is 0 Å². The minimum absolute atomic E-state index is 0.0905. The maximum atomic E-state index is 12.7. The molecule has 0 bridgehead atoms. The van der Waals surface area contributed by atoms with Crippen molar-refractivity contribution in [2.75, 3.05) is 6.26 Å². The number of aromatic hydroxyl groups is 3. The molecule has 0 radical (unpaired) electrons. The van der Waals surface area contributed by atoms with Gasteiger partial charge in [-0.1, -0.05) is 6.07 Å². The molecule has 112 valence electrons. The molecule has 1 aliphatic rings. The van der Waals surface area contributed by atoms with Crippen LogP contribution in [-0.2, 0) is 5.75 Å². The number of carbonyl (C=O) groups excluding carboxylic acids is 2. The Kier molecular flexibility index (Phi) is 3.33. The molecule has 0 amide bonds. The van der Waals surface area contributed by atoms with Crippen molar-refractivity contribution in [1.29, 1.82) is 0 Å². The highest BCUT2D eigenvalue weighted by molar-refractivity contribution is 7.97. The zero-order valence-corrected chi connectivity index (χ0v) is 12.4. The molecule has 3 rings (SSSR count). The number of benzene rings is 2. The van der Waals surface area contributed by atoms with Gasteiger partial charge in [0.25, 0.3) is 0 Å². The summed E-state index contributed by atoms with van der Waals surface area (Å²) in [6.07, 6.45) is 1.85. The minimum atomic E-state index is -0.668. The van der Waals surface area contributed by atoms with Gasteiger partial charge in [0.1, 0.15) is 17.2 Å². The standard InChI is InChI=1S/C16H12O5S/c1-22-6-7-2-3-8(17)12-11(7)15(20)13-9(18)4-5-10(19)14(13)16(12)21/h2-5,17-19H,6H2,1H3. The molecule has 5 nitrogen and oxygen atoms in total. The van der Waals surface area contributed by atoms with Crippen LogP contribution in [0.15, 0.2) is 24.3 Å². The molecule has 6 heteroatoms. The normalized spacial score (nSPS) is 13.0. The Labute approximate surface area is 130 Å². The van der Waals surface area contributed by atoms with Crippen molar-refractivity contribution in [2.45, 2.75) is 5.75 Å². The highest BCUT2D eigenvalue weighted by Crippen LogP contribution is 2.41. The van der Waals surface area contributed by atoms with E-state index in [9.17, 15) is 24.9 Å². The van der Waals surface area contributed by atoms with E-state index in [1.165, 1.54) is 23.9 Å². The number of ketones is 2. The molecule has 0 saturated heterocycles. The molecule has 2 aromatic rings. The fourth-order valence-electron chi connectivity index (χ4n) is 2.69. The quantitative estimate of drug-likeness (QED) is 0.629. The van der Waals surface area contributed by atoms with Gasteiger partial charge in [-0.25, -0.2) is 0 Å². The lowest BCUT2D eigenvalue weighted by Gasteiger charge is -2.22. The van der Waals surface area contributed by atoms with E-state index >= 15 is 0 Å². The van der Waals surface area contributed by atoms with Gasteiger partial charge >= 0.3 is 0 Å². The smallest absolute Gasteiger partial charge is 0.202 e. The molecule has 0 aliphatic heterocycles. The molecular weight excluding hydrogens is 304 g/mol. The number of thioether (sulfide) groups is 1. The van der Waals surface area contributed by atoms with E-state index in [2.05, 4.69) is 0 Å². The zero-order chi connectivity index (χ0) is 16.0. The summed E-state index contributed by atoms with van der Waals surface area (Å²) < 4.78 is 0. The van der Waals surface area contributed by atoms with E-state index in [4.69, 9.17) is 0 Å². The van der Waals surface area contributed by atoms with Gasteiger partial charge in [0.15, 0.2) is 5.78 Å². The summed E-state index contributed by atoms with van der Waals surface area (Å²) in [6.45, 7) is 0. The van der Waals surface area contributed by atoms with Crippen molar-refractivity contribution >= 4 is 23.3 Å². The van der Waals surface area contributed by atoms with Crippen molar-refractivity contribution in [3.8, 4) is 17.2 Å². The number of carbonyl (C=O) groups is 2. The lowest BCUT2D eigenvalue weighted by Crippen LogP contribution is -2.23. The Morgan fingerprint density at radius 2 is 1.18 bits per heavy atom. The molecular formula is C16H12O5S. The molecule has 1 aliphatic carbocycles. The van der Waals surface area contributed by atoms with Gasteiger partial charge in [-0.05, 0) is 30.0 Å². The van der Waals surface area contributed by atoms with Crippen LogP contribution in [0.3, 0.4) is 0 Å². The van der Waals surface area contributed by atoms with Crippen LogP contribution >= 0.6 is 11.8 Å². The second-order valence-electron chi connectivity index (χ2n) is 4.94. The predicted octanol–water partition coefficient (Wildman–Crippen LogP) is 2.44. The van der Waals surface area contributed by atoms with Crippen LogP contribution in [0.1, 0.15) is 37.4 Å². The highest BCUT2D eigenvalue weighted by atomic mass is 32.2. The predicted molar refractivity (Wildman–Crippen MR) is 82.0 cm³/mol. The molecule has 0 heterocycles. The summed E-state index contributed by atoms with van der Waals surface area (Å²) in [5, 5.41) is 29.8. The Balaban J connectivity index is 2.38. The first-order chi connectivity index (χ1) is 10.5. The van der Waals surface area contributed by atoms with Crippen LogP contribution in [0.4, 0.5) is 0 Å². The second kappa shape index (κ2) is 5.06. The third kappa shape index (κ3) is 1.88.